The molecule has 4 aromatic rings. The molecule has 10 heteroatoms. The number of halogens is 2. The first-order valence-electron chi connectivity index (χ1n) is 9.31. The molecule has 0 saturated heterocycles. The standard InChI is InChI=1S/C21H17F2N5O2S/c1-12-13(2)25-11-27(20(12)30)10-18(29)28(9-14-4-3-5-24-8-14)21-26-19-16(23)6-15(22)7-17(19)31-21/h3-8,11H,9-10H2,1-2H3. The van der Waals surface area contributed by atoms with Gasteiger partial charge < -0.3 is 0 Å². The second-order valence-corrected chi connectivity index (χ2v) is 7.97. The van der Waals surface area contributed by atoms with Gasteiger partial charge in [0.2, 0.25) is 5.91 Å². The van der Waals surface area contributed by atoms with Crippen LogP contribution in [-0.2, 0) is 17.9 Å². The molecule has 1 amide bonds. The van der Waals surface area contributed by atoms with Crippen molar-refractivity contribution in [1.82, 2.24) is 19.5 Å². The largest absolute Gasteiger partial charge is 0.289 e. The normalized spacial score (nSPS) is 11.1. The van der Waals surface area contributed by atoms with Crippen molar-refractivity contribution in [3.8, 4) is 0 Å². The Hall–Kier alpha value is -3.53. The van der Waals surface area contributed by atoms with E-state index in [0.717, 1.165) is 17.4 Å². The number of pyridine rings is 1. The van der Waals surface area contributed by atoms with Crippen molar-refractivity contribution in [3.63, 3.8) is 0 Å². The molecule has 3 heterocycles. The van der Waals surface area contributed by atoms with Crippen LogP contribution in [0.1, 0.15) is 16.8 Å². The van der Waals surface area contributed by atoms with Crippen molar-refractivity contribution in [1.29, 1.82) is 0 Å². The summed E-state index contributed by atoms with van der Waals surface area (Å²) in [5, 5.41) is 0.193. The lowest BCUT2D eigenvalue weighted by Crippen LogP contribution is -2.37. The van der Waals surface area contributed by atoms with Gasteiger partial charge in [-0.1, -0.05) is 17.4 Å². The van der Waals surface area contributed by atoms with Crippen LogP contribution >= 0.6 is 11.3 Å². The molecule has 0 unspecified atom stereocenters. The van der Waals surface area contributed by atoms with E-state index in [0.29, 0.717) is 16.8 Å². The fourth-order valence-electron chi connectivity index (χ4n) is 3.02. The molecule has 0 aliphatic heterocycles. The van der Waals surface area contributed by atoms with Gasteiger partial charge in [-0.25, -0.2) is 18.7 Å². The van der Waals surface area contributed by atoms with E-state index in [2.05, 4.69) is 15.0 Å². The van der Waals surface area contributed by atoms with Gasteiger partial charge >= 0.3 is 0 Å². The van der Waals surface area contributed by atoms with Crippen LogP contribution in [0, 0.1) is 25.5 Å². The highest BCUT2D eigenvalue weighted by atomic mass is 32.1. The third-order valence-electron chi connectivity index (χ3n) is 4.82. The number of fused-ring (bicyclic) bond motifs is 1. The summed E-state index contributed by atoms with van der Waals surface area (Å²) in [6, 6.07) is 5.43. The van der Waals surface area contributed by atoms with Crippen LogP contribution in [-0.4, -0.2) is 25.4 Å². The highest BCUT2D eigenvalue weighted by Gasteiger charge is 2.23. The number of aromatic nitrogens is 4. The minimum atomic E-state index is -0.805. The molecule has 0 N–H and O–H groups in total. The average Bonchev–Trinajstić information content (AvgIpc) is 3.17. The second-order valence-electron chi connectivity index (χ2n) is 6.96. The molecule has 0 bridgehead atoms. The quantitative estimate of drug-likeness (QED) is 0.474. The molecule has 0 atom stereocenters. The number of thiazole rings is 1. The van der Waals surface area contributed by atoms with E-state index >= 15 is 0 Å². The summed E-state index contributed by atoms with van der Waals surface area (Å²) < 4.78 is 29.3. The number of rotatable bonds is 5. The predicted octanol–water partition coefficient (Wildman–Crippen LogP) is 3.38. The molecular formula is C21H17F2N5O2S. The van der Waals surface area contributed by atoms with Gasteiger partial charge in [0, 0.05) is 29.7 Å². The van der Waals surface area contributed by atoms with Crippen LogP contribution in [0.25, 0.3) is 10.2 Å². The maximum atomic E-state index is 14.2. The molecule has 0 saturated carbocycles. The first kappa shape index (κ1) is 20.7. The highest BCUT2D eigenvalue weighted by molar-refractivity contribution is 7.22. The predicted molar refractivity (Wildman–Crippen MR) is 113 cm³/mol. The Morgan fingerprint density at radius 1 is 1.26 bits per heavy atom. The molecule has 0 spiro atoms. The minimum absolute atomic E-state index is 0.0181. The Labute approximate surface area is 179 Å². The topological polar surface area (TPSA) is 81.0 Å². The molecule has 4 rings (SSSR count). The van der Waals surface area contributed by atoms with Crippen LogP contribution in [0.15, 0.2) is 47.8 Å². The molecule has 0 radical (unpaired) electrons. The number of hydrogen-bond acceptors (Lipinski definition) is 6. The Balaban J connectivity index is 1.74. The van der Waals surface area contributed by atoms with Gasteiger partial charge in [0.15, 0.2) is 10.9 Å². The van der Waals surface area contributed by atoms with E-state index in [1.807, 2.05) is 0 Å². The first-order valence-corrected chi connectivity index (χ1v) is 10.1. The molecule has 0 aliphatic carbocycles. The van der Waals surface area contributed by atoms with Crippen molar-refractivity contribution in [3.05, 3.63) is 81.8 Å². The highest BCUT2D eigenvalue weighted by Crippen LogP contribution is 2.32. The van der Waals surface area contributed by atoms with Crippen molar-refractivity contribution in [2.75, 3.05) is 4.90 Å². The van der Waals surface area contributed by atoms with E-state index < -0.39 is 17.5 Å². The lowest BCUT2D eigenvalue weighted by molar-refractivity contribution is -0.119. The van der Waals surface area contributed by atoms with E-state index in [9.17, 15) is 18.4 Å². The summed E-state index contributed by atoms with van der Waals surface area (Å²) in [7, 11) is 0. The smallest absolute Gasteiger partial charge is 0.256 e. The zero-order chi connectivity index (χ0) is 22.1. The van der Waals surface area contributed by atoms with Crippen molar-refractivity contribution in [2.24, 2.45) is 0 Å². The van der Waals surface area contributed by atoms with Crippen LogP contribution in [0.3, 0.4) is 0 Å². The summed E-state index contributed by atoms with van der Waals surface area (Å²) in [4.78, 5) is 39.5. The second kappa shape index (κ2) is 8.31. The number of carbonyl (C=O) groups is 1. The monoisotopic (exact) mass is 441 g/mol. The molecule has 0 fully saturated rings. The fourth-order valence-corrected chi connectivity index (χ4v) is 4.04. The number of aryl methyl sites for hydroxylation is 1. The Bertz CT molecular complexity index is 1340. The molecule has 3 aromatic heterocycles. The van der Waals surface area contributed by atoms with Gasteiger partial charge in [0.1, 0.15) is 17.9 Å². The van der Waals surface area contributed by atoms with Crippen LogP contribution in [0.5, 0.6) is 0 Å². The van der Waals surface area contributed by atoms with Crippen LogP contribution in [0.4, 0.5) is 13.9 Å². The maximum Gasteiger partial charge on any atom is 0.256 e. The van der Waals surface area contributed by atoms with Gasteiger partial charge in [-0.3, -0.25) is 24.0 Å². The summed E-state index contributed by atoms with van der Waals surface area (Å²) in [5.41, 5.74) is 1.42. The van der Waals surface area contributed by atoms with E-state index in [-0.39, 0.29) is 34.0 Å². The van der Waals surface area contributed by atoms with E-state index in [1.165, 1.54) is 21.9 Å². The van der Waals surface area contributed by atoms with Crippen molar-refractivity contribution in [2.45, 2.75) is 26.9 Å². The van der Waals surface area contributed by atoms with Gasteiger partial charge in [0.05, 0.1) is 17.6 Å². The van der Waals surface area contributed by atoms with E-state index in [1.54, 1.807) is 38.4 Å². The van der Waals surface area contributed by atoms with Gasteiger partial charge in [-0.05, 0) is 31.5 Å². The Morgan fingerprint density at radius 2 is 2.06 bits per heavy atom. The molecule has 31 heavy (non-hydrogen) atoms. The van der Waals surface area contributed by atoms with Gasteiger partial charge in [-0.2, -0.15) is 0 Å². The number of anilines is 1. The van der Waals surface area contributed by atoms with Crippen molar-refractivity contribution < 1.29 is 13.6 Å². The maximum absolute atomic E-state index is 14.2. The summed E-state index contributed by atoms with van der Waals surface area (Å²) >= 11 is 0.992. The zero-order valence-corrected chi connectivity index (χ0v) is 17.5. The average molecular weight is 441 g/mol. The van der Waals surface area contributed by atoms with Crippen LogP contribution in [0.2, 0.25) is 0 Å². The summed E-state index contributed by atoms with van der Waals surface area (Å²) in [6.45, 7) is 3.18. The third kappa shape index (κ3) is 4.19. The Kier molecular flexibility index (Phi) is 5.55. The molecule has 1 aromatic carbocycles. The number of amides is 1. The molecule has 158 valence electrons. The lowest BCUT2D eigenvalue weighted by Gasteiger charge is -2.20. The number of carbonyl (C=O) groups excluding carboxylic acids is 1. The number of nitrogens with zero attached hydrogens (tertiary/aromatic N) is 5. The third-order valence-corrected chi connectivity index (χ3v) is 5.84. The van der Waals surface area contributed by atoms with Gasteiger partial charge in [0.25, 0.3) is 5.56 Å². The zero-order valence-electron chi connectivity index (χ0n) is 16.7. The minimum Gasteiger partial charge on any atom is -0.289 e. The van der Waals surface area contributed by atoms with Crippen molar-refractivity contribution >= 4 is 32.6 Å². The number of benzene rings is 1. The SMILES string of the molecule is Cc1ncn(CC(=O)N(Cc2cccnc2)c2nc3c(F)cc(F)cc3s2)c(=O)c1C. The molecule has 0 aliphatic rings. The molecule has 7 nitrogen and oxygen atoms in total. The molecular weight excluding hydrogens is 424 g/mol. The summed E-state index contributed by atoms with van der Waals surface area (Å²) in [5.74, 6) is -1.98. The Morgan fingerprint density at radius 3 is 2.81 bits per heavy atom. The first-order chi connectivity index (χ1) is 14.8. The van der Waals surface area contributed by atoms with E-state index in [4.69, 9.17) is 0 Å². The lowest BCUT2D eigenvalue weighted by atomic mass is 10.2. The number of hydrogen-bond donors (Lipinski definition) is 0. The fraction of sp³-hybridized carbons (Fsp3) is 0.190. The summed E-state index contributed by atoms with van der Waals surface area (Å²) in [6.07, 6.45) is 4.52. The van der Waals surface area contributed by atoms with Crippen LogP contribution < -0.4 is 10.5 Å². The van der Waals surface area contributed by atoms with Gasteiger partial charge in [-0.15, -0.1) is 0 Å².